The minimum absolute atomic E-state index is 0.159. The third-order valence-corrected chi connectivity index (χ3v) is 3.17. The van der Waals surface area contributed by atoms with Crippen molar-refractivity contribution in [1.82, 2.24) is 4.98 Å². The number of aryl methyl sites for hydroxylation is 1. The Morgan fingerprint density at radius 1 is 1.33 bits per heavy atom. The van der Waals surface area contributed by atoms with E-state index in [0.29, 0.717) is 29.5 Å². The predicted octanol–water partition coefficient (Wildman–Crippen LogP) is 2.81. The van der Waals surface area contributed by atoms with Crippen LogP contribution < -0.4 is 9.47 Å². The van der Waals surface area contributed by atoms with Gasteiger partial charge in [0.05, 0.1) is 12.8 Å². The zero-order chi connectivity index (χ0) is 14.8. The number of oxazole rings is 1. The number of aromatic nitrogens is 1. The fourth-order valence-corrected chi connectivity index (χ4v) is 2.16. The number of carbonyl (C=O) groups excluding carboxylic acids is 1. The lowest BCUT2D eigenvalue weighted by Gasteiger charge is -1.98. The Morgan fingerprint density at radius 2 is 2.14 bits per heavy atom. The van der Waals surface area contributed by atoms with E-state index in [0.717, 1.165) is 12.0 Å². The number of esters is 1. The van der Waals surface area contributed by atoms with Crippen molar-refractivity contribution in [3.63, 3.8) is 0 Å². The normalized spacial score (nSPS) is 12.5. The Hall–Kier alpha value is -2.50. The Bertz CT molecular complexity index is 677. The monoisotopic (exact) mass is 289 g/mol. The van der Waals surface area contributed by atoms with Crippen LogP contribution in [0.2, 0.25) is 0 Å². The molecule has 110 valence electrons. The van der Waals surface area contributed by atoms with Gasteiger partial charge in [-0.25, -0.2) is 9.78 Å². The fourth-order valence-electron chi connectivity index (χ4n) is 2.16. The summed E-state index contributed by atoms with van der Waals surface area (Å²) in [5.41, 5.74) is 1.34. The van der Waals surface area contributed by atoms with Gasteiger partial charge in [-0.2, -0.15) is 0 Å². The minimum atomic E-state index is -0.516. The van der Waals surface area contributed by atoms with Crippen molar-refractivity contribution < 1.29 is 23.4 Å². The lowest BCUT2D eigenvalue weighted by Crippen LogP contribution is -2.03. The third kappa shape index (κ3) is 2.44. The Kier molecular flexibility index (Phi) is 3.51. The summed E-state index contributed by atoms with van der Waals surface area (Å²) >= 11 is 0. The molecule has 0 spiro atoms. The zero-order valence-corrected chi connectivity index (χ0v) is 11.8. The van der Waals surface area contributed by atoms with Crippen LogP contribution in [-0.4, -0.2) is 24.9 Å². The van der Waals surface area contributed by atoms with Crippen LogP contribution in [0.5, 0.6) is 11.5 Å². The second-order valence-electron chi connectivity index (χ2n) is 4.60. The van der Waals surface area contributed by atoms with E-state index in [4.69, 9.17) is 18.6 Å². The molecule has 6 nitrogen and oxygen atoms in total. The number of hydrogen-bond donors (Lipinski definition) is 0. The molecular formula is C15H15NO5. The first-order valence-electron chi connectivity index (χ1n) is 6.71. The largest absolute Gasteiger partial charge is 0.463 e. The maximum absolute atomic E-state index is 11.7. The molecule has 1 aliphatic rings. The van der Waals surface area contributed by atoms with Crippen molar-refractivity contribution >= 4 is 5.97 Å². The molecule has 3 rings (SSSR count). The first-order valence-corrected chi connectivity index (χ1v) is 6.71. The molecule has 1 aliphatic heterocycles. The van der Waals surface area contributed by atoms with E-state index >= 15 is 0 Å². The van der Waals surface area contributed by atoms with Crippen molar-refractivity contribution in [1.29, 1.82) is 0 Å². The summed E-state index contributed by atoms with van der Waals surface area (Å²) in [5, 5.41) is 0. The van der Waals surface area contributed by atoms with Gasteiger partial charge in [-0.15, -0.1) is 0 Å². The maximum Gasteiger partial charge on any atom is 0.376 e. The summed E-state index contributed by atoms with van der Waals surface area (Å²) < 4.78 is 20.9. The zero-order valence-electron chi connectivity index (χ0n) is 11.8. The highest BCUT2D eigenvalue weighted by Crippen LogP contribution is 2.36. The Morgan fingerprint density at radius 3 is 2.90 bits per heavy atom. The van der Waals surface area contributed by atoms with Gasteiger partial charge in [0.15, 0.2) is 11.5 Å². The van der Waals surface area contributed by atoms with Gasteiger partial charge < -0.3 is 18.6 Å². The summed E-state index contributed by atoms with van der Waals surface area (Å²) in [4.78, 5) is 16.1. The van der Waals surface area contributed by atoms with Gasteiger partial charge in [0, 0.05) is 5.56 Å². The average Bonchev–Trinajstić information content (AvgIpc) is 3.12. The number of benzene rings is 1. The lowest BCUT2D eigenvalue weighted by atomic mass is 10.2. The first-order chi connectivity index (χ1) is 10.2. The number of nitrogens with zero attached hydrogens (tertiary/aromatic N) is 1. The number of rotatable bonds is 4. The second kappa shape index (κ2) is 5.47. The van der Waals surface area contributed by atoms with Gasteiger partial charge >= 0.3 is 5.97 Å². The van der Waals surface area contributed by atoms with E-state index in [1.54, 1.807) is 12.1 Å². The van der Waals surface area contributed by atoms with E-state index in [1.165, 1.54) is 7.11 Å². The molecular weight excluding hydrogens is 274 g/mol. The van der Waals surface area contributed by atoms with Gasteiger partial charge in [-0.05, 0) is 24.6 Å². The van der Waals surface area contributed by atoms with Gasteiger partial charge in [-0.3, -0.25) is 0 Å². The van der Waals surface area contributed by atoms with E-state index in [2.05, 4.69) is 4.98 Å². The number of carbonyl (C=O) groups is 1. The predicted molar refractivity (Wildman–Crippen MR) is 73.4 cm³/mol. The van der Waals surface area contributed by atoms with Crippen molar-refractivity contribution in [2.24, 2.45) is 0 Å². The highest BCUT2D eigenvalue weighted by molar-refractivity contribution is 5.88. The van der Waals surface area contributed by atoms with Crippen LogP contribution >= 0.6 is 0 Å². The van der Waals surface area contributed by atoms with Crippen LogP contribution in [0.15, 0.2) is 22.6 Å². The molecule has 0 aliphatic carbocycles. The van der Waals surface area contributed by atoms with Crippen LogP contribution in [0.3, 0.4) is 0 Å². The number of hydrogen-bond acceptors (Lipinski definition) is 6. The SMILES string of the molecule is CCCc1nc(-c2ccc3c(c2)OCO3)oc1C(=O)OC. The molecule has 21 heavy (non-hydrogen) atoms. The second-order valence-corrected chi connectivity index (χ2v) is 4.60. The van der Waals surface area contributed by atoms with Crippen LogP contribution in [0.1, 0.15) is 29.6 Å². The molecule has 0 saturated heterocycles. The maximum atomic E-state index is 11.7. The van der Waals surface area contributed by atoms with E-state index < -0.39 is 5.97 Å². The highest BCUT2D eigenvalue weighted by Gasteiger charge is 2.22. The number of ether oxygens (including phenoxy) is 3. The van der Waals surface area contributed by atoms with Crippen LogP contribution in [-0.2, 0) is 11.2 Å². The van der Waals surface area contributed by atoms with E-state index in [1.807, 2.05) is 13.0 Å². The first kappa shape index (κ1) is 13.5. The molecule has 0 saturated carbocycles. The van der Waals surface area contributed by atoms with Gasteiger partial charge in [0.1, 0.15) is 0 Å². The molecule has 0 fully saturated rings. The lowest BCUT2D eigenvalue weighted by molar-refractivity contribution is 0.0564. The van der Waals surface area contributed by atoms with Gasteiger partial charge in [0.25, 0.3) is 0 Å². The molecule has 6 heteroatoms. The molecule has 0 radical (unpaired) electrons. The Balaban J connectivity index is 2.00. The summed E-state index contributed by atoms with van der Waals surface area (Å²) in [7, 11) is 1.32. The number of fused-ring (bicyclic) bond motifs is 1. The third-order valence-electron chi connectivity index (χ3n) is 3.17. The van der Waals surface area contributed by atoms with Crippen LogP contribution in [0.25, 0.3) is 11.5 Å². The Labute approximate surface area is 121 Å². The minimum Gasteiger partial charge on any atom is -0.463 e. The van der Waals surface area contributed by atoms with E-state index in [-0.39, 0.29) is 12.6 Å². The van der Waals surface area contributed by atoms with Gasteiger partial charge in [0.2, 0.25) is 18.4 Å². The molecule has 2 aromatic rings. The van der Waals surface area contributed by atoms with Crippen molar-refractivity contribution in [3.05, 3.63) is 29.7 Å². The van der Waals surface area contributed by atoms with Crippen molar-refractivity contribution in [3.8, 4) is 23.0 Å². The molecule has 0 amide bonds. The standard InChI is InChI=1S/C15H15NO5/c1-3-4-10-13(15(17)18-2)21-14(16-10)9-5-6-11-12(7-9)20-8-19-11/h5-7H,3-4,8H2,1-2H3. The molecule has 1 aromatic heterocycles. The summed E-state index contributed by atoms with van der Waals surface area (Å²) in [6.07, 6.45) is 1.51. The average molecular weight is 289 g/mol. The molecule has 2 heterocycles. The van der Waals surface area contributed by atoms with Crippen molar-refractivity contribution in [2.75, 3.05) is 13.9 Å². The van der Waals surface area contributed by atoms with Crippen LogP contribution in [0.4, 0.5) is 0 Å². The summed E-state index contributed by atoms with van der Waals surface area (Å²) in [6, 6.07) is 5.39. The molecule has 0 bridgehead atoms. The van der Waals surface area contributed by atoms with E-state index in [9.17, 15) is 4.79 Å². The topological polar surface area (TPSA) is 70.8 Å². The fraction of sp³-hybridized carbons (Fsp3) is 0.333. The summed E-state index contributed by atoms with van der Waals surface area (Å²) in [6.45, 7) is 2.22. The molecule has 1 aromatic carbocycles. The highest BCUT2D eigenvalue weighted by atomic mass is 16.7. The number of methoxy groups -OCH3 is 1. The van der Waals surface area contributed by atoms with Crippen molar-refractivity contribution in [2.45, 2.75) is 19.8 Å². The van der Waals surface area contributed by atoms with Gasteiger partial charge in [-0.1, -0.05) is 13.3 Å². The van der Waals surface area contributed by atoms with Crippen LogP contribution in [0, 0.1) is 0 Å². The smallest absolute Gasteiger partial charge is 0.376 e. The summed E-state index contributed by atoms with van der Waals surface area (Å²) in [5.74, 6) is 1.34. The molecule has 0 unspecified atom stereocenters. The molecule has 0 atom stereocenters. The quantitative estimate of drug-likeness (QED) is 0.806. The molecule has 0 N–H and O–H groups in total.